The minimum atomic E-state index is -0.207. The van der Waals surface area contributed by atoms with Gasteiger partial charge < -0.3 is 14.8 Å². The second kappa shape index (κ2) is 10.0. The lowest BCUT2D eigenvalue weighted by molar-refractivity contribution is -0.130. The van der Waals surface area contributed by atoms with E-state index in [9.17, 15) is 9.59 Å². The van der Waals surface area contributed by atoms with Crippen LogP contribution in [0.5, 0.6) is 0 Å². The number of carbonyl (C=O) groups is 2. The molecule has 2 amide bonds. The van der Waals surface area contributed by atoms with Crippen molar-refractivity contribution in [2.45, 2.75) is 13.1 Å². The lowest BCUT2D eigenvalue weighted by Crippen LogP contribution is -2.35. The fraction of sp³-hybridized carbons (Fsp3) is 0.174. The molecule has 2 aromatic carbocycles. The van der Waals surface area contributed by atoms with E-state index >= 15 is 0 Å². The lowest BCUT2D eigenvalue weighted by Gasteiger charge is -2.20. The molecule has 0 saturated heterocycles. The minimum Gasteiger partial charge on any atom is -0.345 e. The van der Waals surface area contributed by atoms with Crippen molar-refractivity contribution in [1.82, 2.24) is 19.8 Å². The van der Waals surface area contributed by atoms with Crippen molar-refractivity contribution in [2.75, 3.05) is 13.1 Å². The van der Waals surface area contributed by atoms with Gasteiger partial charge in [0.1, 0.15) is 12.4 Å². The average Bonchev–Trinajstić information content (AvgIpc) is 3.09. The first-order valence-corrected chi connectivity index (χ1v) is 10.3. The Labute approximate surface area is 184 Å². The van der Waals surface area contributed by atoms with Crippen LogP contribution in [0.4, 0.5) is 0 Å². The topological polar surface area (TPSA) is 67.2 Å². The molecule has 6 nitrogen and oxygen atoms in total. The maximum atomic E-state index is 12.9. The molecule has 3 aromatic rings. The van der Waals surface area contributed by atoms with Gasteiger partial charge in [-0.25, -0.2) is 4.98 Å². The summed E-state index contributed by atoms with van der Waals surface area (Å²) in [5, 5.41) is 2.90. The fourth-order valence-electron chi connectivity index (χ4n) is 3.15. The van der Waals surface area contributed by atoms with Crippen LogP contribution in [0.15, 0.2) is 78.3 Å². The van der Waals surface area contributed by atoms with Gasteiger partial charge in [0.15, 0.2) is 0 Å². The molecule has 0 atom stereocenters. The van der Waals surface area contributed by atoms with Crippen molar-refractivity contribution in [3.05, 3.63) is 89.7 Å². The van der Waals surface area contributed by atoms with Crippen molar-refractivity contribution < 1.29 is 9.59 Å². The molecule has 1 aromatic heterocycles. The highest BCUT2D eigenvalue weighted by atomic mass is 79.9. The van der Waals surface area contributed by atoms with Crippen LogP contribution in [-0.4, -0.2) is 39.4 Å². The Morgan fingerprint density at radius 2 is 1.83 bits per heavy atom. The summed E-state index contributed by atoms with van der Waals surface area (Å²) in [6.07, 6.45) is 3.37. The van der Waals surface area contributed by atoms with Crippen LogP contribution < -0.4 is 5.32 Å². The fourth-order valence-corrected chi connectivity index (χ4v) is 3.55. The Morgan fingerprint density at radius 1 is 1.10 bits per heavy atom. The molecule has 154 valence electrons. The number of para-hydroxylation sites is 2. The Hall–Kier alpha value is -3.19. The maximum absolute atomic E-state index is 12.9. The van der Waals surface area contributed by atoms with E-state index in [4.69, 9.17) is 0 Å². The Kier molecular flexibility index (Phi) is 7.19. The van der Waals surface area contributed by atoms with E-state index in [-0.39, 0.29) is 24.9 Å². The Balaban J connectivity index is 1.84. The number of halogens is 1. The SMILES string of the molecule is C=CCN(CC=C)C(=O)Cn1c(CNC(=O)c2cccc(Br)c2)nc2ccccc21. The van der Waals surface area contributed by atoms with Crippen molar-refractivity contribution >= 4 is 38.8 Å². The predicted octanol–water partition coefficient (Wildman–Crippen LogP) is 3.93. The summed E-state index contributed by atoms with van der Waals surface area (Å²) in [6, 6.07) is 14.8. The third-order valence-electron chi connectivity index (χ3n) is 4.57. The number of rotatable bonds is 9. The van der Waals surface area contributed by atoms with Gasteiger partial charge in [-0.05, 0) is 30.3 Å². The summed E-state index contributed by atoms with van der Waals surface area (Å²) in [4.78, 5) is 31.7. The molecule has 1 N–H and O–H groups in total. The zero-order chi connectivity index (χ0) is 21.5. The molecule has 0 radical (unpaired) electrons. The first-order chi connectivity index (χ1) is 14.5. The molecule has 7 heteroatoms. The number of imidazole rings is 1. The molecule has 0 unspecified atom stereocenters. The maximum Gasteiger partial charge on any atom is 0.251 e. The third kappa shape index (κ3) is 5.04. The van der Waals surface area contributed by atoms with Gasteiger partial charge in [0.2, 0.25) is 5.91 Å². The van der Waals surface area contributed by atoms with E-state index in [1.165, 1.54) is 0 Å². The van der Waals surface area contributed by atoms with Gasteiger partial charge in [0.25, 0.3) is 5.91 Å². The number of hydrogen-bond donors (Lipinski definition) is 1. The molecule has 0 aliphatic rings. The van der Waals surface area contributed by atoms with Crippen molar-refractivity contribution in [3.63, 3.8) is 0 Å². The number of benzene rings is 2. The van der Waals surface area contributed by atoms with E-state index in [0.29, 0.717) is 24.5 Å². The van der Waals surface area contributed by atoms with Gasteiger partial charge in [-0.3, -0.25) is 9.59 Å². The van der Waals surface area contributed by atoms with E-state index < -0.39 is 0 Å². The van der Waals surface area contributed by atoms with Crippen LogP contribution in [-0.2, 0) is 17.9 Å². The number of aromatic nitrogens is 2. The average molecular weight is 467 g/mol. The molecule has 0 spiro atoms. The van der Waals surface area contributed by atoms with Crippen LogP contribution >= 0.6 is 15.9 Å². The number of amides is 2. The normalized spacial score (nSPS) is 10.6. The minimum absolute atomic E-state index is 0.0717. The van der Waals surface area contributed by atoms with Crippen LogP contribution in [0.3, 0.4) is 0 Å². The van der Waals surface area contributed by atoms with Gasteiger partial charge in [-0.2, -0.15) is 0 Å². The van der Waals surface area contributed by atoms with Gasteiger partial charge in [-0.1, -0.05) is 46.3 Å². The van der Waals surface area contributed by atoms with Gasteiger partial charge >= 0.3 is 0 Å². The zero-order valence-electron chi connectivity index (χ0n) is 16.6. The highest BCUT2D eigenvalue weighted by Gasteiger charge is 2.18. The lowest BCUT2D eigenvalue weighted by atomic mass is 10.2. The van der Waals surface area contributed by atoms with Gasteiger partial charge in [0, 0.05) is 23.1 Å². The molecule has 0 fully saturated rings. The van der Waals surface area contributed by atoms with E-state index in [2.05, 4.69) is 39.4 Å². The van der Waals surface area contributed by atoms with Crippen LogP contribution in [0, 0.1) is 0 Å². The smallest absolute Gasteiger partial charge is 0.251 e. The van der Waals surface area contributed by atoms with Crippen LogP contribution in [0.1, 0.15) is 16.2 Å². The molecule has 0 aliphatic carbocycles. The van der Waals surface area contributed by atoms with Crippen molar-refractivity contribution in [3.8, 4) is 0 Å². The number of fused-ring (bicyclic) bond motifs is 1. The van der Waals surface area contributed by atoms with E-state index in [1.807, 2.05) is 34.9 Å². The second-order valence-corrected chi connectivity index (χ2v) is 7.59. The number of nitrogens with zero attached hydrogens (tertiary/aromatic N) is 3. The molecule has 1 heterocycles. The third-order valence-corrected chi connectivity index (χ3v) is 5.07. The predicted molar refractivity (Wildman–Crippen MR) is 122 cm³/mol. The van der Waals surface area contributed by atoms with Gasteiger partial charge in [0.05, 0.1) is 17.6 Å². The van der Waals surface area contributed by atoms with Gasteiger partial charge in [-0.15, -0.1) is 13.2 Å². The summed E-state index contributed by atoms with van der Waals surface area (Å²) in [7, 11) is 0. The Bertz CT molecular complexity index is 1080. The quantitative estimate of drug-likeness (QED) is 0.485. The molecule has 0 saturated carbocycles. The Morgan fingerprint density at radius 3 is 2.53 bits per heavy atom. The molecular formula is C23H23BrN4O2. The van der Waals surface area contributed by atoms with E-state index in [1.54, 1.807) is 35.3 Å². The molecule has 3 rings (SSSR count). The summed E-state index contributed by atoms with van der Waals surface area (Å²) in [5.74, 6) is 0.337. The highest BCUT2D eigenvalue weighted by Crippen LogP contribution is 2.17. The molecule has 30 heavy (non-hydrogen) atoms. The number of hydrogen-bond acceptors (Lipinski definition) is 3. The monoisotopic (exact) mass is 466 g/mol. The van der Waals surface area contributed by atoms with E-state index in [0.717, 1.165) is 15.5 Å². The molecular weight excluding hydrogens is 444 g/mol. The summed E-state index contributed by atoms with van der Waals surface area (Å²) in [5.41, 5.74) is 2.16. The molecule has 0 aliphatic heterocycles. The van der Waals surface area contributed by atoms with Crippen LogP contribution in [0.25, 0.3) is 11.0 Å². The van der Waals surface area contributed by atoms with Crippen LogP contribution in [0.2, 0.25) is 0 Å². The standard InChI is InChI=1S/C23H23BrN4O2/c1-3-12-27(13-4-2)22(29)16-28-20-11-6-5-10-19(20)26-21(28)15-25-23(30)17-8-7-9-18(24)14-17/h3-11,14H,1-2,12-13,15-16H2,(H,25,30). The summed E-state index contributed by atoms with van der Waals surface area (Å²) >= 11 is 3.37. The zero-order valence-corrected chi connectivity index (χ0v) is 18.1. The van der Waals surface area contributed by atoms with Crippen molar-refractivity contribution in [2.24, 2.45) is 0 Å². The second-order valence-electron chi connectivity index (χ2n) is 6.67. The first-order valence-electron chi connectivity index (χ1n) is 9.51. The number of carbonyl (C=O) groups excluding carboxylic acids is 2. The molecule has 0 bridgehead atoms. The first kappa shape index (κ1) is 21.5. The highest BCUT2D eigenvalue weighted by molar-refractivity contribution is 9.10. The largest absolute Gasteiger partial charge is 0.345 e. The number of nitrogens with one attached hydrogen (secondary N) is 1. The van der Waals surface area contributed by atoms with Crippen molar-refractivity contribution in [1.29, 1.82) is 0 Å². The summed E-state index contributed by atoms with van der Waals surface area (Å²) < 4.78 is 2.68. The summed E-state index contributed by atoms with van der Waals surface area (Å²) in [6.45, 7) is 8.62.